The van der Waals surface area contributed by atoms with E-state index in [1.807, 2.05) is 21.1 Å². The summed E-state index contributed by atoms with van der Waals surface area (Å²) in [6.07, 6.45) is 53.5. The zero-order chi connectivity index (χ0) is 44.8. The predicted molar refractivity (Wildman–Crippen MR) is 259 cm³/mol. The minimum atomic E-state index is -4.53. The number of quaternary nitrogens is 1. The van der Waals surface area contributed by atoms with Crippen molar-refractivity contribution in [2.45, 2.75) is 251 Å². The Morgan fingerprint density at radius 3 is 1.36 bits per heavy atom. The third kappa shape index (κ3) is 49.8. The first-order valence-electron chi connectivity index (χ1n) is 26.1. The number of esters is 1. The van der Waals surface area contributed by atoms with Gasteiger partial charge in [0, 0.05) is 13.0 Å². The van der Waals surface area contributed by atoms with Crippen LogP contribution in [0.2, 0.25) is 0 Å². The number of unbranched alkanes of at least 4 members (excludes halogenated alkanes) is 31. The first-order chi connectivity index (χ1) is 29.6. The molecule has 0 spiro atoms. The van der Waals surface area contributed by atoms with Gasteiger partial charge >= 0.3 is 5.97 Å². The van der Waals surface area contributed by atoms with E-state index >= 15 is 0 Å². The van der Waals surface area contributed by atoms with Crippen LogP contribution >= 0.6 is 7.82 Å². The number of hydrogen-bond acceptors (Lipinski definition) is 7. The maximum atomic E-state index is 12.7. The standard InChI is InChI=1S/C52H102NO7P/c1-6-8-10-12-14-16-18-20-22-23-24-25-26-27-28-29-30-32-34-36-38-40-42-44-47-57-49-51(50-59-61(55,56)58-48-46-53(3,4)5)60-52(54)45-43-41-39-37-35-33-31-21-19-17-15-13-11-9-7-2/h15,17,21,31,51H,6-14,16,18-20,22-30,32-50H2,1-5H3/b17-15-,31-21-. The third-order valence-electron chi connectivity index (χ3n) is 11.5. The van der Waals surface area contributed by atoms with E-state index in [1.54, 1.807) is 0 Å². The zero-order valence-corrected chi connectivity index (χ0v) is 42.0. The number of likely N-dealkylation sites (N-methyl/N-ethyl adjacent to an activating group) is 1. The molecule has 0 amide bonds. The highest BCUT2D eigenvalue weighted by Gasteiger charge is 2.20. The molecule has 2 atom stereocenters. The fraction of sp³-hybridized carbons (Fsp3) is 0.904. The number of carbonyl (C=O) groups excluding carboxylic acids is 1. The fourth-order valence-electron chi connectivity index (χ4n) is 7.46. The molecule has 0 aromatic heterocycles. The van der Waals surface area contributed by atoms with Gasteiger partial charge in [-0.3, -0.25) is 9.36 Å². The third-order valence-corrected chi connectivity index (χ3v) is 12.5. The van der Waals surface area contributed by atoms with Gasteiger partial charge in [-0.05, 0) is 44.9 Å². The molecule has 0 aromatic rings. The highest BCUT2D eigenvalue weighted by Crippen LogP contribution is 2.38. The maximum absolute atomic E-state index is 12.7. The lowest BCUT2D eigenvalue weighted by Crippen LogP contribution is -2.37. The van der Waals surface area contributed by atoms with Crippen molar-refractivity contribution in [2.24, 2.45) is 0 Å². The molecule has 0 aliphatic carbocycles. The normalized spacial score (nSPS) is 13.7. The van der Waals surface area contributed by atoms with Crippen molar-refractivity contribution in [2.75, 3.05) is 54.1 Å². The molecule has 8 nitrogen and oxygen atoms in total. The van der Waals surface area contributed by atoms with Crippen LogP contribution in [0.1, 0.15) is 245 Å². The first-order valence-corrected chi connectivity index (χ1v) is 27.5. The first kappa shape index (κ1) is 60.0. The minimum Gasteiger partial charge on any atom is -0.756 e. The Balaban J connectivity index is 4.06. The van der Waals surface area contributed by atoms with Gasteiger partial charge < -0.3 is 27.9 Å². The summed E-state index contributed by atoms with van der Waals surface area (Å²) in [5.74, 6) is -0.343. The molecule has 362 valence electrons. The summed E-state index contributed by atoms with van der Waals surface area (Å²) in [5, 5.41) is 0. The zero-order valence-electron chi connectivity index (χ0n) is 41.1. The Hall–Kier alpha value is -1.02. The van der Waals surface area contributed by atoms with Gasteiger partial charge in [0.25, 0.3) is 7.82 Å². The molecular weight excluding hydrogens is 782 g/mol. The van der Waals surface area contributed by atoms with E-state index in [4.69, 9.17) is 18.5 Å². The van der Waals surface area contributed by atoms with Gasteiger partial charge in [-0.2, -0.15) is 0 Å². The fourth-order valence-corrected chi connectivity index (χ4v) is 8.19. The monoisotopic (exact) mass is 884 g/mol. The van der Waals surface area contributed by atoms with E-state index in [0.717, 1.165) is 57.8 Å². The van der Waals surface area contributed by atoms with Gasteiger partial charge in [0.15, 0.2) is 0 Å². The Morgan fingerprint density at radius 1 is 0.508 bits per heavy atom. The van der Waals surface area contributed by atoms with E-state index in [0.29, 0.717) is 24.1 Å². The van der Waals surface area contributed by atoms with E-state index in [9.17, 15) is 14.3 Å². The number of ether oxygens (including phenoxy) is 2. The van der Waals surface area contributed by atoms with Gasteiger partial charge in [0.05, 0.1) is 34.4 Å². The second-order valence-electron chi connectivity index (χ2n) is 18.9. The Morgan fingerprint density at radius 2 is 0.902 bits per heavy atom. The number of phosphoric ester groups is 1. The summed E-state index contributed by atoms with van der Waals surface area (Å²) in [6.45, 7) is 5.42. The van der Waals surface area contributed by atoms with Crippen molar-refractivity contribution in [1.29, 1.82) is 0 Å². The molecule has 0 radical (unpaired) electrons. The Bertz CT molecular complexity index is 1030. The van der Waals surface area contributed by atoms with Crippen molar-refractivity contribution in [1.82, 2.24) is 0 Å². The molecule has 9 heteroatoms. The van der Waals surface area contributed by atoms with Gasteiger partial charge in [0.1, 0.15) is 19.3 Å². The van der Waals surface area contributed by atoms with E-state index in [-0.39, 0.29) is 25.8 Å². The smallest absolute Gasteiger partial charge is 0.306 e. The van der Waals surface area contributed by atoms with Crippen LogP contribution in [0, 0.1) is 0 Å². The second kappa shape index (κ2) is 45.5. The van der Waals surface area contributed by atoms with E-state index in [2.05, 4.69) is 38.2 Å². The number of hydrogen-bond donors (Lipinski definition) is 0. The number of phosphoric acid groups is 1. The molecule has 0 saturated carbocycles. The molecule has 0 heterocycles. The lowest BCUT2D eigenvalue weighted by atomic mass is 10.0. The van der Waals surface area contributed by atoms with E-state index < -0.39 is 13.9 Å². The molecule has 0 bridgehead atoms. The molecule has 0 aromatic carbocycles. The van der Waals surface area contributed by atoms with Gasteiger partial charge in [-0.15, -0.1) is 0 Å². The summed E-state index contributed by atoms with van der Waals surface area (Å²) in [6, 6.07) is 0. The molecule has 2 unspecified atom stereocenters. The Labute approximate surface area is 379 Å². The number of rotatable bonds is 49. The predicted octanol–water partition coefficient (Wildman–Crippen LogP) is 15.3. The minimum absolute atomic E-state index is 0.0254. The molecule has 0 aliphatic rings. The maximum Gasteiger partial charge on any atom is 0.306 e. The highest BCUT2D eigenvalue weighted by molar-refractivity contribution is 7.45. The van der Waals surface area contributed by atoms with Crippen molar-refractivity contribution in [3.63, 3.8) is 0 Å². The molecular formula is C52H102NO7P. The van der Waals surface area contributed by atoms with Gasteiger partial charge in [0.2, 0.25) is 0 Å². The Kier molecular flexibility index (Phi) is 44.8. The van der Waals surface area contributed by atoms with Crippen LogP contribution in [-0.2, 0) is 27.9 Å². The van der Waals surface area contributed by atoms with Crippen molar-refractivity contribution in [3.8, 4) is 0 Å². The van der Waals surface area contributed by atoms with Crippen LogP contribution in [0.5, 0.6) is 0 Å². The largest absolute Gasteiger partial charge is 0.756 e. The van der Waals surface area contributed by atoms with Gasteiger partial charge in [-0.25, -0.2) is 0 Å². The molecule has 0 aliphatic heterocycles. The number of nitrogens with zero attached hydrogens (tertiary/aromatic N) is 1. The van der Waals surface area contributed by atoms with Gasteiger partial charge in [-0.1, -0.05) is 218 Å². The molecule has 0 saturated heterocycles. The molecule has 0 N–H and O–H groups in total. The van der Waals surface area contributed by atoms with Crippen LogP contribution in [0.25, 0.3) is 0 Å². The average molecular weight is 884 g/mol. The quantitative estimate of drug-likeness (QED) is 0.0197. The van der Waals surface area contributed by atoms with Crippen molar-refractivity contribution >= 4 is 13.8 Å². The van der Waals surface area contributed by atoms with Crippen LogP contribution in [0.15, 0.2) is 24.3 Å². The number of allylic oxidation sites excluding steroid dienone is 4. The lowest BCUT2D eigenvalue weighted by Gasteiger charge is -2.28. The van der Waals surface area contributed by atoms with Crippen LogP contribution in [-0.4, -0.2) is 70.7 Å². The molecule has 0 rings (SSSR count). The van der Waals surface area contributed by atoms with Crippen LogP contribution in [0.4, 0.5) is 0 Å². The summed E-state index contributed by atoms with van der Waals surface area (Å²) >= 11 is 0. The summed E-state index contributed by atoms with van der Waals surface area (Å²) in [4.78, 5) is 25.1. The van der Waals surface area contributed by atoms with Crippen LogP contribution < -0.4 is 4.89 Å². The molecule has 0 fully saturated rings. The van der Waals surface area contributed by atoms with Crippen LogP contribution in [0.3, 0.4) is 0 Å². The SMILES string of the molecule is CCCCC/C=C\C/C=C\CCCCCCCC(=O)OC(COCCCCCCCCCCCCCCCCCCCCCCCCCC)COP(=O)([O-])OCC[N+](C)(C)C. The summed E-state index contributed by atoms with van der Waals surface area (Å²) in [7, 11) is 1.36. The number of carbonyl (C=O) groups is 1. The molecule has 61 heavy (non-hydrogen) atoms. The summed E-state index contributed by atoms with van der Waals surface area (Å²) in [5.41, 5.74) is 0. The summed E-state index contributed by atoms with van der Waals surface area (Å²) < 4.78 is 34.7. The lowest BCUT2D eigenvalue weighted by molar-refractivity contribution is -0.870. The topological polar surface area (TPSA) is 94.1 Å². The average Bonchev–Trinajstić information content (AvgIpc) is 3.22. The highest BCUT2D eigenvalue weighted by atomic mass is 31.2. The van der Waals surface area contributed by atoms with E-state index in [1.165, 1.54) is 167 Å². The van der Waals surface area contributed by atoms with Crippen molar-refractivity contribution in [3.05, 3.63) is 24.3 Å². The second-order valence-corrected chi connectivity index (χ2v) is 20.3. The van der Waals surface area contributed by atoms with Crippen molar-refractivity contribution < 1.29 is 37.3 Å².